The van der Waals surface area contributed by atoms with Crippen LogP contribution in [0.5, 0.6) is 0 Å². The van der Waals surface area contributed by atoms with Crippen molar-refractivity contribution in [3.05, 3.63) is 0 Å². The molecule has 0 saturated heterocycles. The van der Waals surface area contributed by atoms with Crippen LogP contribution in [0.2, 0.25) is 0 Å². The zero-order valence-electron chi connectivity index (χ0n) is 5.09. The average Bonchev–Trinajstić information content (AvgIpc) is 2.17. The SMILES string of the molecule is CC(O)CC1(O)CC1. The van der Waals surface area contributed by atoms with Gasteiger partial charge in [0.25, 0.3) is 0 Å². The van der Waals surface area contributed by atoms with E-state index in [0.717, 1.165) is 12.8 Å². The molecule has 1 saturated carbocycles. The third-order valence-corrected chi connectivity index (χ3v) is 1.50. The zero-order valence-corrected chi connectivity index (χ0v) is 5.09. The third kappa shape index (κ3) is 1.46. The average molecular weight is 116 g/mol. The predicted octanol–water partition coefficient (Wildman–Crippen LogP) is 0.282. The summed E-state index contributed by atoms with van der Waals surface area (Å²) in [6, 6.07) is 0. The lowest BCUT2D eigenvalue weighted by molar-refractivity contribution is 0.0736. The van der Waals surface area contributed by atoms with Gasteiger partial charge in [-0.3, -0.25) is 0 Å². The molecule has 0 heterocycles. The standard InChI is InChI=1S/C6H12O2/c1-5(7)4-6(8)2-3-6/h5,7-8H,2-4H2,1H3. The maximum Gasteiger partial charge on any atom is 0.0674 e. The molecule has 0 radical (unpaired) electrons. The van der Waals surface area contributed by atoms with Gasteiger partial charge < -0.3 is 10.2 Å². The van der Waals surface area contributed by atoms with Gasteiger partial charge in [-0.2, -0.15) is 0 Å². The Bertz CT molecular complexity index is 84.5. The van der Waals surface area contributed by atoms with Crippen molar-refractivity contribution >= 4 is 0 Å². The van der Waals surface area contributed by atoms with Gasteiger partial charge in [0.2, 0.25) is 0 Å². The van der Waals surface area contributed by atoms with Crippen LogP contribution in [0.25, 0.3) is 0 Å². The van der Waals surface area contributed by atoms with Gasteiger partial charge in [-0.05, 0) is 19.8 Å². The van der Waals surface area contributed by atoms with Gasteiger partial charge in [0.1, 0.15) is 0 Å². The first-order valence-corrected chi connectivity index (χ1v) is 3.03. The fourth-order valence-corrected chi connectivity index (χ4v) is 0.898. The highest BCUT2D eigenvalue weighted by Gasteiger charge is 2.40. The lowest BCUT2D eigenvalue weighted by atomic mass is 10.1. The van der Waals surface area contributed by atoms with E-state index in [2.05, 4.69) is 0 Å². The number of aliphatic hydroxyl groups excluding tert-OH is 1. The molecule has 2 nitrogen and oxygen atoms in total. The molecule has 2 heteroatoms. The van der Waals surface area contributed by atoms with Crippen LogP contribution in [0.3, 0.4) is 0 Å². The van der Waals surface area contributed by atoms with Gasteiger partial charge in [0.15, 0.2) is 0 Å². The molecule has 1 unspecified atom stereocenters. The fraction of sp³-hybridized carbons (Fsp3) is 1.00. The molecule has 48 valence electrons. The van der Waals surface area contributed by atoms with Crippen molar-refractivity contribution in [2.24, 2.45) is 0 Å². The molecule has 0 bridgehead atoms. The first kappa shape index (κ1) is 6.05. The largest absolute Gasteiger partial charge is 0.393 e. The zero-order chi connectivity index (χ0) is 6.20. The van der Waals surface area contributed by atoms with Crippen LogP contribution in [-0.2, 0) is 0 Å². The first-order chi connectivity index (χ1) is 3.62. The number of hydrogen-bond acceptors (Lipinski definition) is 2. The highest BCUT2D eigenvalue weighted by atomic mass is 16.3. The van der Waals surface area contributed by atoms with E-state index in [-0.39, 0.29) is 6.10 Å². The van der Waals surface area contributed by atoms with Crippen LogP contribution in [0.1, 0.15) is 26.2 Å². The van der Waals surface area contributed by atoms with Gasteiger partial charge in [-0.25, -0.2) is 0 Å². The Morgan fingerprint density at radius 1 is 1.62 bits per heavy atom. The molecular formula is C6H12O2. The van der Waals surface area contributed by atoms with Crippen LogP contribution < -0.4 is 0 Å². The maximum atomic E-state index is 9.14. The van der Waals surface area contributed by atoms with Crippen molar-refractivity contribution in [1.29, 1.82) is 0 Å². The van der Waals surface area contributed by atoms with Crippen LogP contribution in [0, 0.1) is 0 Å². The Morgan fingerprint density at radius 3 is 2.25 bits per heavy atom. The van der Waals surface area contributed by atoms with E-state index in [1.54, 1.807) is 6.92 Å². The number of rotatable bonds is 2. The summed E-state index contributed by atoms with van der Waals surface area (Å²) >= 11 is 0. The summed E-state index contributed by atoms with van der Waals surface area (Å²) < 4.78 is 0. The normalized spacial score (nSPS) is 27.4. The summed E-state index contributed by atoms with van der Waals surface area (Å²) in [6.45, 7) is 1.70. The minimum Gasteiger partial charge on any atom is -0.393 e. The molecule has 1 fully saturated rings. The molecule has 0 aromatic heterocycles. The Balaban J connectivity index is 2.19. The van der Waals surface area contributed by atoms with Crippen molar-refractivity contribution in [1.82, 2.24) is 0 Å². The highest BCUT2D eigenvalue weighted by molar-refractivity contribution is 4.94. The van der Waals surface area contributed by atoms with Crippen LogP contribution in [0.4, 0.5) is 0 Å². The van der Waals surface area contributed by atoms with Crippen LogP contribution in [-0.4, -0.2) is 21.9 Å². The van der Waals surface area contributed by atoms with Crippen molar-refractivity contribution in [2.75, 3.05) is 0 Å². The van der Waals surface area contributed by atoms with Crippen molar-refractivity contribution in [3.8, 4) is 0 Å². The summed E-state index contributed by atoms with van der Waals surface area (Å²) in [5, 5.41) is 17.9. The van der Waals surface area contributed by atoms with E-state index in [0.29, 0.717) is 6.42 Å². The smallest absolute Gasteiger partial charge is 0.0674 e. The van der Waals surface area contributed by atoms with Crippen molar-refractivity contribution < 1.29 is 10.2 Å². The highest BCUT2D eigenvalue weighted by Crippen LogP contribution is 2.38. The molecular weight excluding hydrogens is 104 g/mol. The Hall–Kier alpha value is -0.0800. The summed E-state index contributed by atoms with van der Waals surface area (Å²) in [7, 11) is 0. The molecule has 0 aromatic rings. The van der Waals surface area contributed by atoms with Crippen LogP contribution >= 0.6 is 0 Å². The lowest BCUT2D eigenvalue weighted by Gasteiger charge is -2.07. The molecule has 1 aliphatic carbocycles. The Kier molecular flexibility index (Phi) is 1.29. The first-order valence-electron chi connectivity index (χ1n) is 3.03. The monoisotopic (exact) mass is 116 g/mol. The quantitative estimate of drug-likeness (QED) is 0.544. The molecule has 2 N–H and O–H groups in total. The molecule has 0 aromatic carbocycles. The second-order valence-corrected chi connectivity index (χ2v) is 2.78. The summed E-state index contributed by atoms with van der Waals surface area (Å²) in [5.41, 5.74) is -0.478. The van der Waals surface area contributed by atoms with Crippen LogP contribution in [0.15, 0.2) is 0 Å². The van der Waals surface area contributed by atoms with E-state index < -0.39 is 5.60 Å². The maximum absolute atomic E-state index is 9.14. The second kappa shape index (κ2) is 1.71. The van der Waals surface area contributed by atoms with E-state index in [4.69, 9.17) is 10.2 Å². The topological polar surface area (TPSA) is 40.5 Å². The molecule has 0 amide bonds. The van der Waals surface area contributed by atoms with Gasteiger partial charge in [0, 0.05) is 6.42 Å². The molecule has 1 aliphatic rings. The minimum atomic E-state index is -0.478. The van der Waals surface area contributed by atoms with Gasteiger partial charge >= 0.3 is 0 Å². The van der Waals surface area contributed by atoms with E-state index >= 15 is 0 Å². The minimum absolute atomic E-state index is 0.345. The predicted molar refractivity (Wildman–Crippen MR) is 30.5 cm³/mol. The fourth-order valence-electron chi connectivity index (χ4n) is 0.898. The number of hydrogen-bond donors (Lipinski definition) is 2. The third-order valence-electron chi connectivity index (χ3n) is 1.50. The lowest BCUT2D eigenvalue weighted by Crippen LogP contribution is -2.15. The molecule has 1 rings (SSSR count). The molecule has 0 aliphatic heterocycles. The van der Waals surface area contributed by atoms with Crippen molar-refractivity contribution in [2.45, 2.75) is 37.9 Å². The van der Waals surface area contributed by atoms with Gasteiger partial charge in [-0.15, -0.1) is 0 Å². The second-order valence-electron chi connectivity index (χ2n) is 2.78. The Morgan fingerprint density at radius 2 is 2.12 bits per heavy atom. The molecule has 0 spiro atoms. The van der Waals surface area contributed by atoms with Gasteiger partial charge in [-0.1, -0.05) is 0 Å². The van der Waals surface area contributed by atoms with E-state index in [9.17, 15) is 0 Å². The summed E-state index contributed by atoms with van der Waals surface area (Å²) in [6.07, 6.45) is 1.95. The van der Waals surface area contributed by atoms with Crippen molar-refractivity contribution in [3.63, 3.8) is 0 Å². The summed E-state index contributed by atoms with van der Waals surface area (Å²) in [5.74, 6) is 0. The van der Waals surface area contributed by atoms with Gasteiger partial charge in [0.05, 0.1) is 11.7 Å². The summed E-state index contributed by atoms with van der Waals surface area (Å²) in [4.78, 5) is 0. The van der Waals surface area contributed by atoms with E-state index in [1.165, 1.54) is 0 Å². The van der Waals surface area contributed by atoms with E-state index in [1.807, 2.05) is 0 Å². The molecule has 1 atom stereocenters. The molecule has 8 heavy (non-hydrogen) atoms. The number of aliphatic hydroxyl groups is 2. The Labute approximate surface area is 49.1 Å².